The number of nitrogens with two attached hydrogens (primary N) is 1. The van der Waals surface area contributed by atoms with Gasteiger partial charge in [-0.1, -0.05) is 142 Å². The zero-order chi connectivity index (χ0) is 47.2. The molecule has 4 aliphatic rings. The van der Waals surface area contributed by atoms with Gasteiger partial charge in [0.2, 0.25) is 0 Å². The van der Waals surface area contributed by atoms with Gasteiger partial charge in [-0.3, -0.25) is 0 Å². The predicted molar refractivity (Wildman–Crippen MR) is 289 cm³/mol. The Balaban J connectivity index is 1.21. The van der Waals surface area contributed by atoms with E-state index in [1.54, 1.807) is 0 Å². The van der Waals surface area contributed by atoms with Gasteiger partial charge in [0.1, 0.15) is 0 Å². The molecular weight excluding hydrogens is 812 g/mol. The lowest BCUT2D eigenvalue weighted by Gasteiger charge is -2.46. The molecule has 4 nitrogen and oxygen atoms in total. The highest BCUT2D eigenvalue weighted by molar-refractivity contribution is 7.00. The van der Waals surface area contributed by atoms with Crippen molar-refractivity contribution in [3.05, 3.63) is 167 Å². The molecule has 1 saturated carbocycles. The summed E-state index contributed by atoms with van der Waals surface area (Å²) in [5, 5.41) is 0. The third kappa shape index (κ3) is 6.54. The molecular formula is C62H67BN4. The Bertz CT molecular complexity index is 3130. The van der Waals surface area contributed by atoms with Crippen molar-refractivity contribution in [2.24, 2.45) is 0 Å². The molecule has 0 radical (unpaired) electrons. The summed E-state index contributed by atoms with van der Waals surface area (Å²) >= 11 is 0. The van der Waals surface area contributed by atoms with Gasteiger partial charge in [0.05, 0.1) is 11.2 Å². The van der Waals surface area contributed by atoms with Gasteiger partial charge >= 0.3 is 0 Å². The number of hydrogen-bond acceptors (Lipinski definition) is 4. The molecule has 0 spiro atoms. The number of nitrogens with zero attached hydrogens (tertiary/aromatic N) is 3. The molecule has 1 aliphatic carbocycles. The van der Waals surface area contributed by atoms with Gasteiger partial charge < -0.3 is 20.4 Å². The molecule has 0 bridgehead atoms. The summed E-state index contributed by atoms with van der Waals surface area (Å²) in [6.07, 6.45) is 3.48. The lowest BCUT2D eigenvalue weighted by Crippen LogP contribution is -2.61. The topological polar surface area (TPSA) is 35.7 Å². The second-order valence-electron chi connectivity index (χ2n) is 23.8. The summed E-state index contributed by atoms with van der Waals surface area (Å²) < 4.78 is 0. The minimum Gasteiger partial charge on any atom is -0.399 e. The molecule has 11 rings (SSSR count). The number of hydrogen-bond donors (Lipinski definition) is 1. The number of benzene rings is 7. The van der Waals surface area contributed by atoms with Crippen molar-refractivity contribution in [2.75, 3.05) is 20.4 Å². The van der Waals surface area contributed by atoms with E-state index in [0.717, 1.165) is 18.5 Å². The fourth-order valence-electron chi connectivity index (χ4n) is 12.4. The minimum atomic E-state index is -0.0901. The second kappa shape index (κ2) is 14.7. The highest BCUT2D eigenvalue weighted by Gasteiger charge is 2.59. The van der Waals surface area contributed by atoms with Crippen LogP contribution in [0.1, 0.15) is 123 Å². The molecule has 5 heteroatoms. The lowest BCUT2D eigenvalue weighted by molar-refractivity contribution is 0.330. The smallest absolute Gasteiger partial charge is 0.252 e. The summed E-state index contributed by atoms with van der Waals surface area (Å²) in [5.74, 6) is 0. The summed E-state index contributed by atoms with van der Waals surface area (Å²) in [6, 6.07) is 54.0. The molecule has 0 amide bonds. The third-order valence-corrected chi connectivity index (χ3v) is 16.4. The Morgan fingerprint density at radius 2 is 1.07 bits per heavy atom. The van der Waals surface area contributed by atoms with E-state index in [4.69, 9.17) is 5.73 Å². The Morgan fingerprint density at radius 3 is 1.75 bits per heavy atom. The maximum absolute atomic E-state index is 6.57. The lowest BCUT2D eigenvalue weighted by atomic mass is 9.33. The van der Waals surface area contributed by atoms with Crippen LogP contribution in [0.25, 0.3) is 11.1 Å². The van der Waals surface area contributed by atoms with E-state index in [9.17, 15) is 0 Å². The van der Waals surface area contributed by atoms with Crippen LogP contribution in [-0.2, 0) is 21.7 Å². The van der Waals surface area contributed by atoms with E-state index in [2.05, 4.69) is 237 Å². The molecule has 2 N–H and O–H groups in total. The zero-order valence-electron chi connectivity index (χ0n) is 41.9. The van der Waals surface area contributed by atoms with Crippen LogP contribution in [0.2, 0.25) is 0 Å². The number of fused-ring (bicyclic) bond motifs is 7. The van der Waals surface area contributed by atoms with Crippen LogP contribution in [0, 0.1) is 6.92 Å². The fourth-order valence-corrected chi connectivity index (χ4v) is 12.4. The average molecular weight is 879 g/mol. The molecule has 0 saturated heterocycles. The van der Waals surface area contributed by atoms with Crippen LogP contribution in [0.15, 0.2) is 140 Å². The molecule has 3 aliphatic heterocycles. The number of nitrogen functional groups attached to an aromatic ring is 1. The van der Waals surface area contributed by atoms with Gasteiger partial charge in [0.15, 0.2) is 0 Å². The second-order valence-corrected chi connectivity index (χ2v) is 23.8. The van der Waals surface area contributed by atoms with E-state index < -0.39 is 0 Å². The SMILES string of the molecule is Cc1cc2c3c(c1)N(c1ccc(C(C)(C)C)cc1-c1ccccc1)c1cc(C(C)(C)C)ccc1B3c1ccc(N3c4ccc(N)cc4C4(C)CCCC34C)cc1N2c1ccc(C(C)(C)C)cc1. The largest absolute Gasteiger partial charge is 0.399 e. The van der Waals surface area contributed by atoms with Crippen molar-refractivity contribution in [3.8, 4) is 11.1 Å². The molecule has 1 fully saturated rings. The maximum Gasteiger partial charge on any atom is 0.252 e. The number of rotatable bonds is 4. The van der Waals surface area contributed by atoms with Gasteiger partial charge in [-0.2, -0.15) is 0 Å². The van der Waals surface area contributed by atoms with Gasteiger partial charge in [0, 0.05) is 56.5 Å². The highest BCUT2D eigenvalue weighted by atomic mass is 15.3. The van der Waals surface area contributed by atoms with E-state index in [-0.39, 0.29) is 33.9 Å². The number of aryl methyl sites for hydroxylation is 1. The quantitative estimate of drug-likeness (QED) is 0.141. The summed E-state index contributed by atoms with van der Waals surface area (Å²) in [7, 11) is 0. The van der Waals surface area contributed by atoms with Crippen LogP contribution in [0.3, 0.4) is 0 Å². The normalized spacial score (nSPS) is 19.5. The van der Waals surface area contributed by atoms with Gasteiger partial charge in [0.25, 0.3) is 6.71 Å². The molecule has 2 atom stereocenters. The van der Waals surface area contributed by atoms with Gasteiger partial charge in [-0.05, 0) is 165 Å². The Kier molecular flexibility index (Phi) is 9.49. The van der Waals surface area contributed by atoms with Crippen LogP contribution >= 0.6 is 0 Å². The highest BCUT2D eigenvalue weighted by Crippen LogP contribution is 2.63. The number of anilines is 9. The summed E-state index contributed by atoms with van der Waals surface area (Å²) in [4.78, 5) is 7.90. The van der Waals surface area contributed by atoms with Gasteiger partial charge in [-0.25, -0.2) is 0 Å². The Labute approximate surface area is 400 Å². The van der Waals surface area contributed by atoms with Crippen molar-refractivity contribution in [2.45, 2.75) is 130 Å². The Morgan fingerprint density at radius 1 is 0.507 bits per heavy atom. The molecule has 2 unspecified atom stereocenters. The summed E-state index contributed by atoms with van der Waals surface area (Å²) in [5.41, 5.74) is 30.2. The molecule has 338 valence electrons. The van der Waals surface area contributed by atoms with Crippen molar-refractivity contribution in [1.82, 2.24) is 0 Å². The van der Waals surface area contributed by atoms with E-state index >= 15 is 0 Å². The van der Waals surface area contributed by atoms with Crippen molar-refractivity contribution in [3.63, 3.8) is 0 Å². The maximum atomic E-state index is 6.57. The van der Waals surface area contributed by atoms with E-state index in [1.807, 2.05) is 0 Å². The first-order chi connectivity index (χ1) is 31.7. The van der Waals surface area contributed by atoms with Crippen LogP contribution < -0.4 is 36.8 Å². The third-order valence-electron chi connectivity index (χ3n) is 16.4. The fraction of sp³-hybridized carbons (Fsp3) is 0.323. The Hall–Kier alpha value is -6.20. The summed E-state index contributed by atoms with van der Waals surface area (Å²) in [6.45, 7) is 28.2. The minimum absolute atomic E-state index is 0.00504. The first-order valence-corrected chi connectivity index (χ1v) is 24.7. The van der Waals surface area contributed by atoms with Crippen molar-refractivity contribution < 1.29 is 0 Å². The van der Waals surface area contributed by atoms with E-state index in [0.29, 0.717) is 0 Å². The van der Waals surface area contributed by atoms with Crippen LogP contribution in [0.4, 0.5) is 51.2 Å². The molecule has 3 heterocycles. The average Bonchev–Trinajstić information content (AvgIpc) is 3.68. The van der Waals surface area contributed by atoms with Crippen molar-refractivity contribution in [1.29, 1.82) is 0 Å². The standard InChI is InChI=1S/C62H67BN4/c1-39-33-55-57-56(34-39)66(51-29-22-42(59(5,6)7)35-47(51)40-17-14-13-15-18-40)53-36-43(60(8,9)10)21-27-49(53)63(57)50-28-26-46(38-54(50)65(55)45-24-19-41(20-25-45)58(2,3)4)67-52-30-23-44(64)37-48(52)61(11)31-16-32-62(61,67)12/h13-15,17-30,33-38H,16,31-32,64H2,1-12H3. The molecule has 0 aromatic heterocycles. The molecule has 67 heavy (non-hydrogen) atoms. The van der Waals surface area contributed by atoms with Gasteiger partial charge in [-0.15, -0.1) is 0 Å². The van der Waals surface area contributed by atoms with Crippen LogP contribution in [0.5, 0.6) is 0 Å². The zero-order valence-corrected chi connectivity index (χ0v) is 41.9. The monoisotopic (exact) mass is 879 g/mol. The van der Waals surface area contributed by atoms with E-state index in [1.165, 1.54) is 107 Å². The molecule has 7 aromatic rings. The van der Waals surface area contributed by atoms with Crippen LogP contribution in [-0.4, -0.2) is 12.3 Å². The first kappa shape index (κ1) is 43.4. The molecule has 7 aromatic carbocycles. The predicted octanol–water partition coefficient (Wildman–Crippen LogP) is 14.6. The van der Waals surface area contributed by atoms with Crippen molar-refractivity contribution >= 4 is 74.3 Å². The first-order valence-electron chi connectivity index (χ1n) is 24.7.